The molecule has 17 heavy (non-hydrogen) atoms. The number of nitrogens with one attached hydrogen (secondary N) is 1. The van der Waals surface area contributed by atoms with Gasteiger partial charge in [-0.2, -0.15) is 0 Å². The number of nitro groups is 1. The fourth-order valence-electron chi connectivity index (χ4n) is 1.58. The molecule has 0 spiro atoms. The van der Waals surface area contributed by atoms with E-state index in [1.54, 1.807) is 12.1 Å². The summed E-state index contributed by atoms with van der Waals surface area (Å²) in [5.41, 5.74) is 2.80. The van der Waals surface area contributed by atoms with Gasteiger partial charge in [0.05, 0.1) is 4.92 Å². The van der Waals surface area contributed by atoms with E-state index >= 15 is 0 Å². The van der Waals surface area contributed by atoms with Crippen LogP contribution in [-0.2, 0) is 0 Å². The predicted molar refractivity (Wildman–Crippen MR) is 67.6 cm³/mol. The van der Waals surface area contributed by atoms with Gasteiger partial charge in [-0.1, -0.05) is 18.2 Å². The Morgan fingerprint density at radius 3 is 2.41 bits per heavy atom. The van der Waals surface area contributed by atoms with E-state index < -0.39 is 0 Å². The standard InChI is InChI=1S/C13H12N2O2/c1-10-9-12(15(16)17)7-8-13(10)14-11-5-3-2-4-6-11/h2-9,14H,1H3. The zero-order valence-corrected chi connectivity index (χ0v) is 9.38. The Bertz CT molecular complexity index is 538. The molecule has 0 saturated heterocycles. The molecule has 0 fully saturated rings. The normalized spacial score (nSPS) is 9.94. The molecule has 0 aliphatic carbocycles. The van der Waals surface area contributed by atoms with Crippen LogP contribution in [0.2, 0.25) is 0 Å². The maximum Gasteiger partial charge on any atom is 0.269 e. The third-order valence-corrected chi connectivity index (χ3v) is 2.47. The van der Waals surface area contributed by atoms with Crippen LogP contribution in [0.25, 0.3) is 0 Å². The van der Waals surface area contributed by atoms with Gasteiger partial charge in [-0.25, -0.2) is 0 Å². The van der Waals surface area contributed by atoms with Gasteiger partial charge in [0.15, 0.2) is 0 Å². The van der Waals surface area contributed by atoms with Crippen molar-refractivity contribution in [1.82, 2.24) is 0 Å². The summed E-state index contributed by atoms with van der Waals surface area (Å²) < 4.78 is 0. The molecule has 4 nitrogen and oxygen atoms in total. The molecule has 0 bridgehead atoms. The summed E-state index contributed by atoms with van der Waals surface area (Å²) in [5.74, 6) is 0. The molecule has 0 heterocycles. The molecule has 0 aliphatic heterocycles. The lowest BCUT2D eigenvalue weighted by Crippen LogP contribution is -1.94. The molecule has 0 amide bonds. The van der Waals surface area contributed by atoms with E-state index in [4.69, 9.17) is 0 Å². The number of non-ortho nitro benzene ring substituents is 1. The SMILES string of the molecule is Cc1cc([N+](=O)[O-])ccc1Nc1ccccc1. The molecule has 2 rings (SSSR count). The molecule has 0 radical (unpaired) electrons. The van der Waals surface area contributed by atoms with Crippen molar-refractivity contribution in [3.63, 3.8) is 0 Å². The minimum Gasteiger partial charge on any atom is -0.355 e. The average Bonchev–Trinajstić information content (AvgIpc) is 2.33. The zero-order chi connectivity index (χ0) is 12.3. The van der Waals surface area contributed by atoms with E-state index in [0.717, 1.165) is 16.9 Å². The van der Waals surface area contributed by atoms with Crippen molar-refractivity contribution >= 4 is 17.1 Å². The minimum atomic E-state index is -0.390. The highest BCUT2D eigenvalue weighted by atomic mass is 16.6. The van der Waals surface area contributed by atoms with Gasteiger partial charge < -0.3 is 5.32 Å². The number of benzene rings is 2. The molecule has 0 unspecified atom stereocenters. The molecule has 0 aliphatic rings. The molecule has 0 atom stereocenters. The minimum absolute atomic E-state index is 0.112. The van der Waals surface area contributed by atoms with Crippen LogP contribution in [0.1, 0.15) is 5.56 Å². The molecular weight excluding hydrogens is 216 g/mol. The maximum atomic E-state index is 10.6. The second-order valence-corrected chi connectivity index (χ2v) is 3.75. The lowest BCUT2D eigenvalue weighted by Gasteiger charge is -2.08. The number of rotatable bonds is 3. The number of hydrogen-bond acceptors (Lipinski definition) is 3. The Morgan fingerprint density at radius 2 is 1.82 bits per heavy atom. The highest BCUT2D eigenvalue weighted by Gasteiger charge is 2.07. The third-order valence-electron chi connectivity index (χ3n) is 2.47. The van der Waals surface area contributed by atoms with Crippen LogP contribution in [0.4, 0.5) is 17.1 Å². The first-order valence-electron chi connectivity index (χ1n) is 5.24. The van der Waals surface area contributed by atoms with Crippen LogP contribution in [-0.4, -0.2) is 4.92 Å². The second kappa shape index (κ2) is 4.65. The summed E-state index contributed by atoms with van der Waals surface area (Å²) in [4.78, 5) is 10.2. The van der Waals surface area contributed by atoms with Crippen LogP contribution < -0.4 is 5.32 Å². The van der Waals surface area contributed by atoms with Gasteiger partial charge in [-0.15, -0.1) is 0 Å². The molecule has 4 heteroatoms. The largest absolute Gasteiger partial charge is 0.355 e. The predicted octanol–water partition coefficient (Wildman–Crippen LogP) is 3.65. The third kappa shape index (κ3) is 2.60. The topological polar surface area (TPSA) is 55.2 Å². The number of nitro benzene ring substituents is 1. The summed E-state index contributed by atoms with van der Waals surface area (Å²) >= 11 is 0. The van der Waals surface area contributed by atoms with Crippen molar-refractivity contribution in [2.24, 2.45) is 0 Å². The fraction of sp³-hybridized carbons (Fsp3) is 0.0769. The van der Waals surface area contributed by atoms with Crippen molar-refractivity contribution in [2.75, 3.05) is 5.32 Å². The number of para-hydroxylation sites is 1. The first-order valence-corrected chi connectivity index (χ1v) is 5.24. The molecule has 2 aromatic rings. The van der Waals surface area contributed by atoms with E-state index in [1.165, 1.54) is 6.07 Å². The van der Waals surface area contributed by atoms with E-state index in [2.05, 4.69) is 5.32 Å². The first-order chi connectivity index (χ1) is 8.16. The summed E-state index contributed by atoms with van der Waals surface area (Å²) in [6.45, 7) is 1.85. The van der Waals surface area contributed by atoms with Crippen LogP contribution in [0.3, 0.4) is 0 Å². The summed E-state index contributed by atoms with van der Waals surface area (Å²) in [7, 11) is 0. The Balaban J connectivity index is 2.26. The van der Waals surface area contributed by atoms with Gasteiger partial charge in [0.25, 0.3) is 5.69 Å². The van der Waals surface area contributed by atoms with Gasteiger partial charge >= 0.3 is 0 Å². The van der Waals surface area contributed by atoms with Gasteiger partial charge in [-0.3, -0.25) is 10.1 Å². The quantitative estimate of drug-likeness (QED) is 0.644. The lowest BCUT2D eigenvalue weighted by molar-refractivity contribution is -0.384. The smallest absolute Gasteiger partial charge is 0.269 e. The highest BCUT2D eigenvalue weighted by Crippen LogP contribution is 2.24. The van der Waals surface area contributed by atoms with E-state index in [0.29, 0.717) is 0 Å². The monoisotopic (exact) mass is 228 g/mol. The number of aryl methyl sites for hydroxylation is 1. The highest BCUT2D eigenvalue weighted by molar-refractivity contribution is 5.64. The zero-order valence-electron chi connectivity index (χ0n) is 9.38. The van der Waals surface area contributed by atoms with Crippen molar-refractivity contribution in [1.29, 1.82) is 0 Å². The summed E-state index contributed by atoms with van der Waals surface area (Å²) in [6.07, 6.45) is 0. The Hall–Kier alpha value is -2.36. The maximum absolute atomic E-state index is 10.6. The fourth-order valence-corrected chi connectivity index (χ4v) is 1.58. The van der Waals surface area contributed by atoms with Gasteiger partial charge in [0.2, 0.25) is 0 Å². The lowest BCUT2D eigenvalue weighted by atomic mass is 10.1. The molecular formula is C13H12N2O2. The van der Waals surface area contributed by atoms with Crippen molar-refractivity contribution in [3.8, 4) is 0 Å². The molecule has 0 saturated carbocycles. The van der Waals surface area contributed by atoms with E-state index in [9.17, 15) is 10.1 Å². The van der Waals surface area contributed by atoms with Crippen molar-refractivity contribution < 1.29 is 4.92 Å². The average molecular weight is 228 g/mol. The van der Waals surface area contributed by atoms with Crippen LogP contribution >= 0.6 is 0 Å². The van der Waals surface area contributed by atoms with Crippen LogP contribution in [0.15, 0.2) is 48.5 Å². The number of nitrogens with zero attached hydrogens (tertiary/aromatic N) is 1. The molecule has 1 N–H and O–H groups in total. The van der Waals surface area contributed by atoms with Crippen LogP contribution in [0.5, 0.6) is 0 Å². The molecule has 86 valence electrons. The Morgan fingerprint density at radius 1 is 1.12 bits per heavy atom. The van der Waals surface area contributed by atoms with Crippen LogP contribution in [0, 0.1) is 17.0 Å². The molecule has 0 aromatic heterocycles. The van der Waals surface area contributed by atoms with E-state index in [-0.39, 0.29) is 10.6 Å². The van der Waals surface area contributed by atoms with Crippen molar-refractivity contribution in [3.05, 3.63) is 64.2 Å². The molecule has 2 aromatic carbocycles. The van der Waals surface area contributed by atoms with E-state index in [1.807, 2.05) is 37.3 Å². The van der Waals surface area contributed by atoms with Gasteiger partial charge in [0.1, 0.15) is 0 Å². The number of anilines is 2. The second-order valence-electron chi connectivity index (χ2n) is 3.75. The van der Waals surface area contributed by atoms with Crippen molar-refractivity contribution in [2.45, 2.75) is 6.92 Å². The number of hydrogen-bond donors (Lipinski definition) is 1. The summed E-state index contributed by atoms with van der Waals surface area (Å²) in [5, 5.41) is 13.8. The Kier molecular flexibility index (Phi) is 3.05. The first kappa shape index (κ1) is 11.1. The summed E-state index contributed by atoms with van der Waals surface area (Å²) in [6, 6.07) is 14.5. The van der Waals surface area contributed by atoms with Gasteiger partial charge in [0, 0.05) is 23.5 Å². The Labute approximate surface area is 99.1 Å². The van der Waals surface area contributed by atoms with Gasteiger partial charge in [-0.05, 0) is 30.7 Å².